The first kappa shape index (κ1) is 32.6. The maximum Gasteiger partial charge on any atom is 0.407 e. The molecule has 3 aromatic rings. The Bertz CT molecular complexity index is 1140. The van der Waals surface area contributed by atoms with Crippen molar-refractivity contribution in [2.24, 2.45) is 5.92 Å². The summed E-state index contributed by atoms with van der Waals surface area (Å²) in [6.45, 7) is 14.9. The molecule has 1 heterocycles. The van der Waals surface area contributed by atoms with Gasteiger partial charge < -0.3 is 19.5 Å². The van der Waals surface area contributed by atoms with Gasteiger partial charge in [-0.05, 0) is 63.4 Å². The fraction of sp³-hybridized carbons (Fsp3) is 0.562. The minimum absolute atomic E-state index is 0.00846. The van der Waals surface area contributed by atoms with Crippen LogP contribution in [-0.2, 0) is 17.7 Å². The van der Waals surface area contributed by atoms with Gasteiger partial charge in [-0.2, -0.15) is 0 Å². The molecule has 1 N–H and O–H groups in total. The van der Waals surface area contributed by atoms with Crippen LogP contribution in [0.4, 0.5) is 4.79 Å². The number of carbonyl (C=O) groups is 1. The van der Waals surface area contributed by atoms with Crippen molar-refractivity contribution in [3.05, 3.63) is 64.4 Å². The highest BCUT2D eigenvalue weighted by Crippen LogP contribution is 2.23. The number of alkyl carbamates (subject to hydrolysis) is 1. The third-order valence-electron chi connectivity index (χ3n) is 6.93. The van der Waals surface area contributed by atoms with Gasteiger partial charge in [0.1, 0.15) is 6.61 Å². The number of ether oxygens (including phenoxy) is 1. The van der Waals surface area contributed by atoms with Crippen LogP contribution in [0.3, 0.4) is 0 Å². The Hall–Kier alpha value is -2.57. The summed E-state index contributed by atoms with van der Waals surface area (Å²) < 4.78 is 7.30. The first-order valence-corrected chi connectivity index (χ1v) is 14.9. The lowest BCUT2D eigenvalue weighted by molar-refractivity contribution is 0.136. The molecule has 7 heteroatoms. The van der Waals surface area contributed by atoms with E-state index in [0.29, 0.717) is 11.6 Å². The molecule has 1 aromatic heterocycles. The van der Waals surface area contributed by atoms with Gasteiger partial charge in [-0.15, -0.1) is 0 Å². The summed E-state index contributed by atoms with van der Waals surface area (Å²) in [4.78, 5) is 18.7. The zero-order valence-corrected chi connectivity index (χ0v) is 25.9. The fourth-order valence-electron chi connectivity index (χ4n) is 4.76. The molecule has 1 unspecified atom stereocenters. The van der Waals surface area contributed by atoms with Crippen LogP contribution in [0.15, 0.2) is 42.7 Å². The maximum atomic E-state index is 12.1. The molecular weight excluding hydrogens is 508 g/mol. The number of hydrogen-bond acceptors (Lipinski definition) is 4. The van der Waals surface area contributed by atoms with Crippen LogP contribution in [-0.4, -0.2) is 53.3 Å². The molecule has 1 amide bonds. The highest BCUT2D eigenvalue weighted by atomic mass is 35.5. The largest absolute Gasteiger partial charge is 0.448 e. The number of aryl methyl sites for hydroxylation is 2. The van der Waals surface area contributed by atoms with E-state index in [2.05, 4.69) is 60.4 Å². The lowest BCUT2D eigenvalue weighted by Crippen LogP contribution is -2.41. The van der Waals surface area contributed by atoms with Crippen LogP contribution in [0.25, 0.3) is 11.0 Å². The average molecular weight is 557 g/mol. The molecule has 39 heavy (non-hydrogen) atoms. The van der Waals surface area contributed by atoms with Crippen LogP contribution in [0, 0.1) is 19.8 Å². The van der Waals surface area contributed by atoms with Crippen molar-refractivity contribution in [3.63, 3.8) is 0 Å². The first-order valence-electron chi connectivity index (χ1n) is 14.5. The molecule has 6 nitrogen and oxygen atoms in total. The van der Waals surface area contributed by atoms with E-state index in [1.807, 2.05) is 44.4 Å². The molecule has 1 aliphatic carbocycles. The molecule has 1 saturated carbocycles. The lowest BCUT2D eigenvalue weighted by atomic mass is 10.1. The molecule has 2 aromatic carbocycles. The Morgan fingerprint density at radius 3 is 2.56 bits per heavy atom. The quantitative estimate of drug-likeness (QED) is 0.292. The molecule has 216 valence electrons. The van der Waals surface area contributed by atoms with Crippen LogP contribution in [0.1, 0.15) is 70.1 Å². The second-order valence-electron chi connectivity index (χ2n) is 10.6. The second kappa shape index (κ2) is 17.2. The monoisotopic (exact) mass is 556 g/mol. The summed E-state index contributed by atoms with van der Waals surface area (Å²) in [6, 6.07) is 12.4. The summed E-state index contributed by atoms with van der Waals surface area (Å²) in [5.41, 5.74) is 5.42. The number of nitrogens with one attached hydrogen (secondary N) is 1. The number of aromatic nitrogens is 2. The molecule has 0 aliphatic heterocycles. The molecule has 1 fully saturated rings. The van der Waals surface area contributed by atoms with Crippen molar-refractivity contribution in [2.75, 3.05) is 26.7 Å². The highest BCUT2D eigenvalue weighted by molar-refractivity contribution is 6.32. The van der Waals surface area contributed by atoms with Crippen LogP contribution >= 0.6 is 11.6 Å². The Labute approximate surface area is 241 Å². The third-order valence-corrected chi connectivity index (χ3v) is 7.33. The molecule has 4 rings (SSSR count). The summed E-state index contributed by atoms with van der Waals surface area (Å²) in [7, 11) is 2.07. The summed E-state index contributed by atoms with van der Waals surface area (Å²) >= 11 is 6.22. The molecular formula is C32H49ClN4O2. The van der Waals surface area contributed by atoms with E-state index in [1.165, 1.54) is 36.8 Å². The number of likely N-dealkylation sites (N-methyl/N-ethyl adjacent to an activating group) is 1. The van der Waals surface area contributed by atoms with Gasteiger partial charge in [-0.25, -0.2) is 9.78 Å². The van der Waals surface area contributed by atoms with Crippen molar-refractivity contribution >= 4 is 28.7 Å². The van der Waals surface area contributed by atoms with Gasteiger partial charge in [0.2, 0.25) is 0 Å². The van der Waals surface area contributed by atoms with Gasteiger partial charge in [-0.1, -0.05) is 87.9 Å². The van der Waals surface area contributed by atoms with E-state index in [0.717, 1.165) is 42.0 Å². The number of rotatable bonds is 9. The van der Waals surface area contributed by atoms with E-state index in [-0.39, 0.29) is 12.6 Å². The third kappa shape index (κ3) is 11.6. The van der Waals surface area contributed by atoms with E-state index in [1.54, 1.807) is 6.33 Å². The Kier molecular flexibility index (Phi) is 14.4. The number of hydrogen-bond donors (Lipinski definition) is 1. The predicted molar refractivity (Wildman–Crippen MR) is 165 cm³/mol. The number of imidazole rings is 1. The summed E-state index contributed by atoms with van der Waals surface area (Å²) in [5, 5.41) is 3.61. The lowest BCUT2D eigenvalue weighted by Gasteiger charge is -2.22. The zero-order chi connectivity index (χ0) is 28.8. The van der Waals surface area contributed by atoms with E-state index < -0.39 is 6.09 Å². The molecule has 1 aliphatic rings. The number of nitrogens with zero attached hydrogens (tertiary/aromatic N) is 3. The van der Waals surface area contributed by atoms with Gasteiger partial charge >= 0.3 is 6.09 Å². The smallest absolute Gasteiger partial charge is 0.407 e. The Morgan fingerprint density at radius 2 is 1.92 bits per heavy atom. The number of carbonyl (C=O) groups excluding carboxylic acids is 1. The van der Waals surface area contributed by atoms with Crippen molar-refractivity contribution in [2.45, 2.75) is 86.2 Å². The van der Waals surface area contributed by atoms with Crippen molar-refractivity contribution in [1.82, 2.24) is 19.8 Å². The number of benzene rings is 2. The number of halogens is 1. The fourth-order valence-corrected chi connectivity index (χ4v) is 4.92. The van der Waals surface area contributed by atoms with Crippen molar-refractivity contribution in [3.8, 4) is 0 Å². The maximum absolute atomic E-state index is 12.1. The normalized spacial score (nSPS) is 13.9. The number of amides is 1. The van der Waals surface area contributed by atoms with Crippen LogP contribution in [0.5, 0.6) is 0 Å². The van der Waals surface area contributed by atoms with Gasteiger partial charge in [0, 0.05) is 24.2 Å². The Morgan fingerprint density at radius 1 is 1.21 bits per heavy atom. The van der Waals surface area contributed by atoms with Crippen LogP contribution < -0.4 is 5.32 Å². The van der Waals surface area contributed by atoms with E-state index in [9.17, 15) is 4.79 Å². The average Bonchev–Trinajstić information content (AvgIpc) is 3.53. The first-order chi connectivity index (χ1) is 18.7. The topological polar surface area (TPSA) is 59.4 Å². The van der Waals surface area contributed by atoms with Gasteiger partial charge in [0.05, 0.1) is 23.9 Å². The molecule has 0 radical (unpaired) electrons. The van der Waals surface area contributed by atoms with Crippen molar-refractivity contribution in [1.29, 1.82) is 0 Å². The zero-order valence-electron chi connectivity index (χ0n) is 25.1. The summed E-state index contributed by atoms with van der Waals surface area (Å²) in [6.07, 6.45) is 8.27. The van der Waals surface area contributed by atoms with Gasteiger partial charge in [0.15, 0.2) is 0 Å². The number of fused-ring (bicyclic) bond motifs is 1. The molecule has 0 bridgehead atoms. The van der Waals surface area contributed by atoms with Crippen LogP contribution in [0.2, 0.25) is 5.02 Å². The molecule has 0 saturated heterocycles. The molecule has 0 spiro atoms. The van der Waals surface area contributed by atoms with Gasteiger partial charge in [0.25, 0.3) is 0 Å². The SMILES string of the molecule is CC.CC1CCCC1.Cc1cccc(CCN(C)CC(C)NC(=O)OCCn2cnc3cc(C)c(Cl)cc32)c1. The second-order valence-corrected chi connectivity index (χ2v) is 11.0. The predicted octanol–water partition coefficient (Wildman–Crippen LogP) is 7.82. The highest BCUT2D eigenvalue weighted by Gasteiger charge is 2.12. The van der Waals surface area contributed by atoms with Gasteiger partial charge in [-0.3, -0.25) is 0 Å². The van der Waals surface area contributed by atoms with E-state index in [4.69, 9.17) is 16.3 Å². The molecule has 1 atom stereocenters. The standard InChI is InChI=1S/C24H31ClN4O2.C6H12.C2H6/c1-17-6-5-7-20(12-17)8-9-28(4)15-19(3)27-24(30)31-11-10-29-16-26-22-13-18(2)21(25)14-23(22)29;1-6-4-2-3-5-6;1-2/h5-7,12-14,16,19H,8-11,15H2,1-4H3,(H,27,30);6H,2-5H2,1H3;1-2H3. The van der Waals surface area contributed by atoms with Crippen molar-refractivity contribution < 1.29 is 9.53 Å². The minimum Gasteiger partial charge on any atom is -0.448 e. The summed E-state index contributed by atoms with van der Waals surface area (Å²) in [5.74, 6) is 1.05. The minimum atomic E-state index is -0.405. The van der Waals surface area contributed by atoms with E-state index >= 15 is 0 Å². The Balaban J connectivity index is 0.000000578.